The Kier molecular flexibility index (Phi) is 4.86. The highest BCUT2D eigenvalue weighted by Crippen LogP contribution is 2.24. The molecule has 1 aromatic heterocycles. The molecule has 21 heavy (non-hydrogen) atoms. The molecule has 1 aromatic carbocycles. The van der Waals surface area contributed by atoms with Gasteiger partial charge in [0.1, 0.15) is 5.15 Å². The van der Waals surface area contributed by atoms with E-state index in [-0.39, 0.29) is 22.1 Å². The Labute approximate surface area is 134 Å². The molecule has 1 amide bonds. The van der Waals surface area contributed by atoms with Gasteiger partial charge < -0.3 is 4.90 Å². The van der Waals surface area contributed by atoms with Gasteiger partial charge in [-0.3, -0.25) is 4.79 Å². The van der Waals surface area contributed by atoms with Crippen LogP contribution >= 0.6 is 23.2 Å². The Morgan fingerprint density at radius 1 is 1.24 bits per heavy atom. The average Bonchev–Trinajstić information content (AvgIpc) is 2.48. The second-order valence-electron chi connectivity index (χ2n) is 5.00. The maximum Gasteiger partial charge on any atom is 0.255 e. The van der Waals surface area contributed by atoms with Crippen LogP contribution in [0.15, 0.2) is 36.5 Å². The topological polar surface area (TPSA) is 33.2 Å². The zero-order valence-corrected chi connectivity index (χ0v) is 13.6. The molecule has 1 unspecified atom stereocenters. The fourth-order valence-electron chi connectivity index (χ4n) is 1.99. The molecule has 3 nitrogen and oxygen atoms in total. The second kappa shape index (κ2) is 6.46. The molecule has 2 aromatic rings. The van der Waals surface area contributed by atoms with Crippen LogP contribution < -0.4 is 0 Å². The third-order valence-corrected chi connectivity index (χ3v) is 4.19. The summed E-state index contributed by atoms with van der Waals surface area (Å²) in [7, 11) is 1.76. The number of carbonyl (C=O) groups excluding carboxylic acids is 1. The molecule has 2 rings (SSSR count). The lowest BCUT2D eigenvalue weighted by Crippen LogP contribution is -2.29. The Morgan fingerprint density at radius 3 is 2.43 bits per heavy atom. The van der Waals surface area contributed by atoms with Gasteiger partial charge in [-0.25, -0.2) is 4.98 Å². The van der Waals surface area contributed by atoms with Crippen LogP contribution in [0.2, 0.25) is 10.2 Å². The molecular weight excluding hydrogens is 307 g/mol. The normalized spacial score (nSPS) is 12.0. The molecule has 1 atom stereocenters. The standard InChI is InChI=1S/C16H16Cl2N2O/c1-10-4-6-12(7-5-10)11(2)20(3)16(21)13-8-14(17)15(18)19-9-13/h4-9,11H,1-3H3. The molecule has 0 N–H and O–H groups in total. The first-order valence-electron chi connectivity index (χ1n) is 6.55. The van der Waals surface area contributed by atoms with Crippen molar-refractivity contribution >= 4 is 29.1 Å². The zero-order chi connectivity index (χ0) is 15.6. The van der Waals surface area contributed by atoms with Crippen LogP contribution in [-0.4, -0.2) is 22.8 Å². The molecule has 0 aliphatic rings. The van der Waals surface area contributed by atoms with Crippen LogP contribution in [0.1, 0.15) is 34.5 Å². The van der Waals surface area contributed by atoms with Crippen LogP contribution in [0.3, 0.4) is 0 Å². The van der Waals surface area contributed by atoms with Crippen molar-refractivity contribution in [2.24, 2.45) is 0 Å². The molecule has 0 fully saturated rings. The summed E-state index contributed by atoms with van der Waals surface area (Å²) in [5, 5.41) is 0.473. The minimum absolute atomic E-state index is 0.0486. The van der Waals surface area contributed by atoms with Crippen LogP contribution in [-0.2, 0) is 0 Å². The predicted octanol–water partition coefficient (Wildman–Crippen LogP) is 4.53. The van der Waals surface area contributed by atoms with Crippen LogP contribution in [0.5, 0.6) is 0 Å². The highest BCUT2D eigenvalue weighted by atomic mass is 35.5. The van der Waals surface area contributed by atoms with Gasteiger partial charge in [0.15, 0.2) is 0 Å². The Hall–Kier alpha value is -1.58. The van der Waals surface area contributed by atoms with E-state index in [1.807, 2.05) is 38.1 Å². The molecule has 0 aliphatic heterocycles. The van der Waals surface area contributed by atoms with E-state index in [0.717, 1.165) is 5.56 Å². The Balaban J connectivity index is 2.21. The fraction of sp³-hybridized carbons (Fsp3) is 0.250. The SMILES string of the molecule is Cc1ccc(C(C)N(C)C(=O)c2cnc(Cl)c(Cl)c2)cc1. The number of hydrogen-bond donors (Lipinski definition) is 0. The lowest BCUT2D eigenvalue weighted by Gasteiger charge is -2.25. The summed E-state index contributed by atoms with van der Waals surface area (Å²) in [4.78, 5) is 18.0. The highest BCUT2D eigenvalue weighted by Gasteiger charge is 2.19. The molecule has 5 heteroatoms. The summed E-state index contributed by atoms with van der Waals surface area (Å²) < 4.78 is 0. The summed E-state index contributed by atoms with van der Waals surface area (Å²) in [5.74, 6) is -0.144. The van der Waals surface area contributed by atoms with E-state index in [0.29, 0.717) is 5.56 Å². The number of rotatable bonds is 3. The Morgan fingerprint density at radius 2 is 1.86 bits per heavy atom. The molecule has 110 valence electrons. The van der Waals surface area contributed by atoms with Crippen LogP contribution in [0, 0.1) is 6.92 Å². The summed E-state index contributed by atoms with van der Waals surface area (Å²) in [6.45, 7) is 4.01. The zero-order valence-electron chi connectivity index (χ0n) is 12.1. The van der Waals surface area contributed by atoms with Crippen molar-refractivity contribution in [2.45, 2.75) is 19.9 Å². The van der Waals surface area contributed by atoms with E-state index in [4.69, 9.17) is 23.2 Å². The maximum absolute atomic E-state index is 12.5. The van der Waals surface area contributed by atoms with Crippen LogP contribution in [0.4, 0.5) is 0 Å². The van der Waals surface area contributed by atoms with Crippen molar-refractivity contribution in [3.8, 4) is 0 Å². The van der Waals surface area contributed by atoms with Crippen molar-refractivity contribution in [3.05, 3.63) is 63.4 Å². The van der Waals surface area contributed by atoms with E-state index in [9.17, 15) is 4.79 Å². The van der Waals surface area contributed by atoms with Crippen LogP contribution in [0.25, 0.3) is 0 Å². The van der Waals surface area contributed by atoms with Gasteiger partial charge in [-0.1, -0.05) is 53.0 Å². The largest absolute Gasteiger partial charge is 0.335 e. The number of amides is 1. The van der Waals surface area contributed by atoms with Crippen molar-refractivity contribution in [2.75, 3.05) is 7.05 Å². The van der Waals surface area contributed by atoms with E-state index in [1.165, 1.54) is 17.8 Å². The first kappa shape index (κ1) is 15.8. The van der Waals surface area contributed by atoms with Gasteiger partial charge in [0.05, 0.1) is 16.6 Å². The van der Waals surface area contributed by atoms with Gasteiger partial charge in [-0.05, 0) is 25.5 Å². The summed E-state index contributed by atoms with van der Waals surface area (Å²) in [6.07, 6.45) is 1.44. The van der Waals surface area contributed by atoms with E-state index in [2.05, 4.69) is 4.98 Å². The van der Waals surface area contributed by atoms with Gasteiger partial charge in [0, 0.05) is 13.2 Å². The van der Waals surface area contributed by atoms with Gasteiger partial charge in [0.25, 0.3) is 5.91 Å². The lowest BCUT2D eigenvalue weighted by atomic mass is 10.0. The minimum atomic E-state index is -0.144. The second-order valence-corrected chi connectivity index (χ2v) is 5.76. The van der Waals surface area contributed by atoms with Gasteiger partial charge >= 0.3 is 0 Å². The molecule has 0 spiro atoms. The first-order chi connectivity index (χ1) is 9.90. The van der Waals surface area contributed by atoms with E-state index < -0.39 is 0 Å². The quantitative estimate of drug-likeness (QED) is 0.778. The highest BCUT2D eigenvalue weighted by molar-refractivity contribution is 6.41. The molecule has 0 aliphatic carbocycles. The number of halogens is 2. The predicted molar refractivity (Wildman–Crippen MR) is 85.9 cm³/mol. The number of aryl methyl sites for hydroxylation is 1. The monoisotopic (exact) mass is 322 g/mol. The van der Waals surface area contributed by atoms with E-state index >= 15 is 0 Å². The van der Waals surface area contributed by atoms with Gasteiger partial charge in [-0.15, -0.1) is 0 Å². The maximum atomic E-state index is 12.5. The third-order valence-electron chi connectivity index (χ3n) is 3.50. The fourth-order valence-corrected chi connectivity index (χ4v) is 2.26. The number of benzene rings is 1. The van der Waals surface area contributed by atoms with Crippen molar-refractivity contribution < 1.29 is 4.79 Å². The number of aromatic nitrogens is 1. The summed E-state index contributed by atoms with van der Waals surface area (Å²) >= 11 is 11.7. The molecule has 0 bridgehead atoms. The summed E-state index contributed by atoms with van der Waals surface area (Å²) in [6, 6.07) is 9.61. The number of carbonyl (C=O) groups is 1. The third kappa shape index (κ3) is 3.55. The number of hydrogen-bond acceptors (Lipinski definition) is 2. The van der Waals surface area contributed by atoms with E-state index in [1.54, 1.807) is 11.9 Å². The molecule has 1 heterocycles. The summed E-state index contributed by atoms with van der Waals surface area (Å²) in [5.41, 5.74) is 2.68. The van der Waals surface area contributed by atoms with Crippen molar-refractivity contribution in [3.63, 3.8) is 0 Å². The van der Waals surface area contributed by atoms with Gasteiger partial charge in [-0.2, -0.15) is 0 Å². The number of nitrogens with zero attached hydrogens (tertiary/aromatic N) is 2. The van der Waals surface area contributed by atoms with Gasteiger partial charge in [0.2, 0.25) is 0 Å². The lowest BCUT2D eigenvalue weighted by molar-refractivity contribution is 0.0742. The average molecular weight is 323 g/mol. The van der Waals surface area contributed by atoms with Crippen molar-refractivity contribution in [1.29, 1.82) is 0 Å². The molecule has 0 saturated carbocycles. The molecule has 0 radical (unpaired) electrons. The van der Waals surface area contributed by atoms with Crippen molar-refractivity contribution in [1.82, 2.24) is 9.88 Å². The molecular formula is C16H16Cl2N2O. The number of pyridine rings is 1. The smallest absolute Gasteiger partial charge is 0.255 e. The first-order valence-corrected chi connectivity index (χ1v) is 7.30. The Bertz CT molecular complexity index is 656. The minimum Gasteiger partial charge on any atom is -0.335 e. The molecule has 0 saturated heterocycles.